The minimum absolute atomic E-state index is 0.178. The van der Waals surface area contributed by atoms with E-state index >= 15 is 0 Å². The molecule has 0 spiro atoms. The molecule has 0 saturated carbocycles. The lowest BCUT2D eigenvalue weighted by Crippen LogP contribution is -2.25. The van der Waals surface area contributed by atoms with E-state index < -0.39 is 22.7 Å². The van der Waals surface area contributed by atoms with Crippen LogP contribution in [0.3, 0.4) is 0 Å². The first-order chi connectivity index (χ1) is 15.3. The fourth-order valence-electron chi connectivity index (χ4n) is 2.69. The number of ether oxygens (including phenoxy) is 2. The van der Waals surface area contributed by atoms with Crippen molar-refractivity contribution in [2.45, 2.75) is 13.8 Å². The van der Waals surface area contributed by atoms with Crippen molar-refractivity contribution in [3.05, 3.63) is 87.2 Å². The summed E-state index contributed by atoms with van der Waals surface area (Å²) >= 11 is 0. The first-order valence-electron chi connectivity index (χ1n) is 9.41. The van der Waals surface area contributed by atoms with E-state index in [4.69, 9.17) is 13.9 Å². The Morgan fingerprint density at radius 1 is 1.09 bits per heavy atom. The second-order valence-corrected chi connectivity index (χ2v) is 6.66. The molecule has 1 amide bonds. The van der Waals surface area contributed by atoms with Gasteiger partial charge in [-0.3, -0.25) is 14.9 Å². The maximum Gasteiger partial charge on any atom is 0.433 e. The molecule has 10 heteroatoms. The number of hydrogen-bond donors (Lipinski definition) is 1. The molecule has 0 saturated heterocycles. The van der Waals surface area contributed by atoms with Gasteiger partial charge in [-0.05, 0) is 60.9 Å². The number of amides is 1. The Morgan fingerprint density at radius 2 is 1.78 bits per heavy atom. The fraction of sp³-hybridized carbons (Fsp3) is 0.136. The minimum atomic E-state index is -0.865. The van der Waals surface area contributed by atoms with Crippen LogP contribution in [0, 0.1) is 24.0 Å². The molecule has 164 valence electrons. The molecule has 3 aromatic rings. The second-order valence-electron chi connectivity index (χ2n) is 6.66. The van der Waals surface area contributed by atoms with E-state index in [0.717, 1.165) is 23.3 Å². The number of rotatable bonds is 8. The average molecular weight is 437 g/mol. The van der Waals surface area contributed by atoms with Crippen molar-refractivity contribution >= 4 is 24.0 Å². The first kappa shape index (κ1) is 22.2. The third-order valence-corrected chi connectivity index (χ3v) is 4.22. The number of nitro groups is 1. The average Bonchev–Trinajstić information content (AvgIpc) is 3.26. The van der Waals surface area contributed by atoms with Crippen LogP contribution in [0.15, 0.2) is 64.1 Å². The lowest BCUT2D eigenvalue weighted by Gasteiger charge is -2.10. The molecule has 0 fully saturated rings. The maximum absolute atomic E-state index is 12.0. The van der Waals surface area contributed by atoms with Crippen LogP contribution in [0.5, 0.6) is 11.5 Å². The summed E-state index contributed by atoms with van der Waals surface area (Å²) in [6.07, 6.45) is 1.42. The SMILES string of the molecule is Cc1cccc(C)c1OCC(=O)N/N=C/c1ccc(OC(=O)c2ccc([N+](=O)[O-])o2)cc1. The number of hydrazone groups is 1. The molecule has 10 nitrogen and oxygen atoms in total. The zero-order valence-electron chi connectivity index (χ0n) is 17.2. The van der Waals surface area contributed by atoms with Crippen LogP contribution in [0.2, 0.25) is 0 Å². The molecule has 1 N–H and O–H groups in total. The van der Waals surface area contributed by atoms with Gasteiger partial charge >= 0.3 is 11.9 Å². The van der Waals surface area contributed by atoms with E-state index in [1.165, 1.54) is 18.3 Å². The normalized spacial score (nSPS) is 10.7. The van der Waals surface area contributed by atoms with Gasteiger partial charge in [0.05, 0.1) is 12.3 Å². The quantitative estimate of drug-likeness (QED) is 0.187. The predicted molar refractivity (Wildman–Crippen MR) is 114 cm³/mol. The van der Waals surface area contributed by atoms with E-state index in [1.807, 2.05) is 32.0 Å². The molecule has 2 aromatic carbocycles. The van der Waals surface area contributed by atoms with Crippen molar-refractivity contribution in [2.24, 2.45) is 5.10 Å². The molecular formula is C22H19N3O7. The first-order valence-corrected chi connectivity index (χ1v) is 9.41. The van der Waals surface area contributed by atoms with Gasteiger partial charge in [0.2, 0.25) is 5.76 Å². The Bertz CT molecular complexity index is 1150. The molecule has 1 aromatic heterocycles. The van der Waals surface area contributed by atoms with Gasteiger partial charge in [0.25, 0.3) is 5.91 Å². The summed E-state index contributed by atoms with van der Waals surface area (Å²) in [5, 5.41) is 14.5. The standard InChI is InChI=1S/C22H19N3O7/c1-14-4-3-5-15(2)21(14)30-13-19(26)24-23-12-16-6-8-17(9-7-16)31-22(27)18-10-11-20(32-18)25(28)29/h3-12H,13H2,1-2H3,(H,24,26)/b23-12+. The molecule has 0 aliphatic rings. The predicted octanol–water partition coefficient (Wildman–Crippen LogP) is 3.55. The molecule has 32 heavy (non-hydrogen) atoms. The third-order valence-electron chi connectivity index (χ3n) is 4.22. The van der Waals surface area contributed by atoms with Gasteiger partial charge in [-0.25, -0.2) is 10.2 Å². The molecule has 3 rings (SSSR count). The lowest BCUT2D eigenvalue weighted by atomic mass is 10.1. The largest absolute Gasteiger partial charge is 0.483 e. The van der Waals surface area contributed by atoms with Crippen molar-refractivity contribution < 1.29 is 28.4 Å². The van der Waals surface area contributed by atoms with Crippen molar-refractivity contribution in [3.8, 4) is 11.5 Å². The number of esters is 1. The summed E-state index contributed by atoms with van der Waals surface area (Å²) in [5.41, 5.74) is 4.88. The molecule has 0 radical (unpaired) electrons. The van der Waals surface area contributed by atoms with Gasteiger partial charge in [-0.15, -0.1) is 0 Å². The van der Waals surface area contributed by atoms with Gasteiger partial charge in [-0.1, -0.05) is 18.2 Å². The van der Waals surface area contributed by atoms with Crippen LogP contribution in [-0.4, -0.2) is 29.6 Å². The number of para-hydroxylation sites is 1. The summed E-state index contributed by atoms with van der Waals surface area (Å²) in [7, 11) is 0. The fourth-order valence-corrected chi connectivity index (χ4v) is 2.69. The number of carbonyl (C=O) groups excluding carboxylic acids is 2. The van der Waals surface area contributed by atoms with E-state index in [-0.39, 0.29) is 18.1 Å². The number of nitrogens with one attached hydrogen (secondary N) is 1. The van der Waals surface area contributed by atoms with Gasteiger partial charge in [0.15, 0.2) is 6.61 Å². The van der Waals surface area contributed by atoms with E-state index in [1.54, 1.807) is 12.1 Å². The van der Waals surface area contributed by atoms with Gasteiger partial charge < -0.3 is 13.9 Å². The van der Waals surface area contributed by atoms with Crippen molar-refractivity contribution in [3.63, 3.8) is 0 Å². The summed E-state index contributed by atoms with van der Waals surface area (Å²) in [5.74, 6) is -1.24. The smallest absolute Gasteiger partial charge is 0.433 e. The molecule has 0 aliphatic carbocycles. The Balaban J connectivity index is 1.48. The van der Waals surface area contributed by atoms with Crippen LogP contribution >= 0.6 is 0 Å². The molecule has 0 unspecified atom stereocenters. The number of nitrogens with zero attached hydrogens (tertiary/aromatic N) is 2. The minimum Gasteiger partial charge on any atom is -0.483 e. The van der Waals surface area contributed by atoms with Crippen molar-refractivity contribution in [1.29, 1.82) is 0 Å². The molecule has 0 bridgehead atoms. The Morgan fingerprint density at radius 3 is 2.41 bits per heavy atom. The number of benzene rings is 2. The number of carbonyl (C=O) groups is 2. The van der Waals surface area contributed by atoms with E-state index in [2.05, 4.69) is 10.5 Å². The highest BCUT2D eigenvalue weighted by Gasteiger charge is 2.19. The molecule has 0 aliphatic heterocycles. The molecular weight excluding hydrogens is 418 g/mol. The lowest BCUT2D eigenvalue weighted by molar-refractivity contribution is -0.402. The Labute approximate surface area is 182 Å². The van der Waals surface area contributed by atoms with Crippen LogP contribution in [0.25, 0.3) is 0 Å². The zero-order chi connectivity index (χ0) is 23.1. The summed E-state index contributed by atoms with van der Waals surface area (Å²) in [6, 6.07) is 14.2. The monoisotopic (exact) mass is 437 g/mol. The number of furan rings is 1. The van der Waals surface area contributed by atoms with Crippen molar-refractivity contribution in [2.75, 3.05) is 6.61 Å². The topological polar surface area (TPSA) is 133 Å². The highest BCUT2D eigenvalue weighted by atomic mass is 16.7. The Kier molecular flexibility index (Phi) is 6.96. The number of hydrogen-bond acceptors (Lipinski definition) is 8. The summed E-state index contributed by atoms with van der Waals surface area (Å²) in [6.45, 7) is 3.62. The van der Waals surface area contributed by atoms with Crippen molar-refractivity contribution in [1.82, 2.24) is 5.43 Å². The zero-order valence-corrected chi connectivity index (χ0v) is 17.2. The highest BCUT2D eigenvalue weighted by Crippen LogP contribution is 2.22. The van der Waals surface area contributed by atoms with Gasteiger partial charge in [0.1, 0.15) is 16.4 Å². The van der Waals surface area contributed by atoms with Gasteiger partial charge in [0, 0.05) is 0 Å². The molecule has 1 heterocycles. The summed E-state index contributed by atoms with van der Waals surface area (Å²) < 4.78 is 15.4. The third kappa shape index (κ3) is 5.79. The van der Waals surface area contributed by atoms with E-state index in [9.17, 15) is 19.7 Å². The van der Waals surface area contributed by atoms with Crippen LogP contribution in [-0.2, 0) is 4.79 Å². The Hall–Kier alpha value is -4.47. The summed E-state index contributed by atoms with van der Waals surface area (Å²) in [4.78, 5) is 33.7. The van der Waals surface area contributed by atoms with Crippen LogP contribution < -0.4 is 14.9 Å². The maximum atomic E-state index is 12.0. The van der Waals surface area contributed by atoms with E-state index in [0.29, 0.717) is 11.3 Å². The molecule has 0 atom stereocenters. The highest BCUT2D eigenvalue weighted by molar-refractivity contribution is 5.88. The van der Waals surface area contributed by atoms with Gasteiger partial charge in [-0.2, -0.15) is 5.10 Å². The number of aryl methyl sites for hydroxylation is 2. The van der Waals surface area contributed by atoms with Crippen LogP contribution in [0.4, 0.5) is 5.88 Å². The second kappa shape index (κ2) is 10.0. The van der Waals surface area contributed by atoms with Crippen LogP contribution in [0.1, 0.15) is 27.2 Å².